The molecule has 5 heteroatoms. The number of likely N-dealkylation sites (tertiary alicyclic amines) is 1. The van der Waals surface area contributed by atoms with Gasteiger partial charge < -0.3 is 14.8 Å². The summed E-state index contributed by atoms with van der Waals surface area (Å²) < 4.78 is 1.73. The maximum absolute atomic E-state index is 11.4. The molecule has 1 saturated heterocycles. The van der Waals surface area contributed by atoms with Gasteiger partial charge in [0.05, 0.1) is 0 Å². The van der Waals surface area contributed by atoms with Crippen LogP contribution in [0.15, 0.2) is 17.2 Å². The molecule has 1 fully saturated rings. The van der Waals surface area contributed by atoms with Gasteiger partial charge in [0.25, 0.3) is 0 Å². The summed E-state index contributed by atoms with van der Waals surface area (Å²) in [5.74, 6) is 0.773. The standard InChI is InChI=1S/C14H26N4O/c1-12(2)18-6-4-13(11-18)10-16(3)8-9-17-7-5-15-14(17)19/h5,7,12-13H,4,6,8-11H2,1-3H3,(H,15,19). The van der Waals surface area contributed by atoms with Crippen LogP contribution in [0.5, 0.6) is 0 Å². The molecule has 1 atom stereocenters. The number of nitrogens with zero attached hydrogens (tertiary/aromatic N) is 3. The molecule has 0 bridgehead atoms. The first-order valence-corrected chi connectivity index (χ1v) is 7.22. The summed E-state index contributed by atoms with van der Waals surface area (Å²) in [6.45, 7) is 9.80. The molecule has 0 saturated carbocycles. The van der Waals surface area contributed by atoms with Crippen LogP contribution in [-0.4, -0.2) is 58.6 Å². The van der Waals surface area contributed by atoms with E-state index in [9.17, 15) is 4.79 Å². The van der Waals surface area contributed by atoms with Crippen LogP contribution in [0.2, 0.25) is 0 Å². The summed E-state index contributed by atoms with van der Waals surface area (Å²) in [4.78, 5) is 18.9. The summed E-state index contributed by atoms with van der Waals surface area (Å²) in [7, 11) is 2.15. The predicted octanol–water partition coefficient (Wildman–Crippen LogP) is 0.839. The quantitative estimate of drug-likeness (QED) is 0.830. The van der Waals surface area contributed by atoms with E-state index >= 15 is 0 Å². The van der Waals surface area contributed by atoms with Gasteiger partial charge in [0.15, 0.2) is 0 Å². The average molecular weight is 266 g/mol. The van der Waals surface area contributed by atoms with Crippen molar-refractivity contribution in [2.45, 2.75) is 32.9 Å². The van der Waals surface area contributed by atoms with Gasteiger partial charge >= 0.3 is 5.69 Å². The first-order chi connectivity index (χ1) is 9.06. The Bertz CT molecular complexity index is 437. The van der Waals surface area contributed by atoms with Gasteiger partial charge in [-0.05, 0) is 39.8 Å². The SMILES string of the molecule is CC(C)N1CCC(CN(C)CCn2cc[nH]c2=O)C1. The van der Waals surface area contributed by atoms with Crippen molar-refractivity contribution in [2.75, 3.05) is 33.2 Å². The summed E-state index contributed by atoms with van der Waals surface area (Å²) in [5, 5.41) is 0. The number of hydrogen-bond donors (Lipinski definition) is 1. The van der Waals surface area contributed by atoms with Crippen LogP contribution >= 0.6 is 0 Å². The molecule has 0 aromatic carbocycles. The van der Waals surface area contributed by atoms with Crippen molar-refractivity contribution in [1.29, 1.82) is 0 Å². The molecule has 1 aromatic rings. The summed E-state index contributed by atoms with van der Waals surface area (Å²) in [5.41, 5.74) is -0.0137. The van der Waals surface area contributed by atoms with E-state index in [1.807, 2.05) is 6.20 Å². The molecular formula is C14H26N4O. The number of rotatable bonds is 6. The van der Waals surface area contributed by atoms with Gasteiger partial charge in [-0.2, -0.15) is 0 Å². The van der Waals surface area contributed by atoms with Crippen molar-refractivity contribution < 1.29 is 0 Å². The van der Waals surface area contributed by atoms with E-state index in [1.165, 1.54) is 19.5 Å². The monoisotopic (exact) mass is 266 g/mol. The minimum Gasteiger partial charge on any atom is -0.313 e. The van der Waals surface area contributed by atoms with Crippen LogP contribution in [0, 0.1) is 5.92 Å². The van der Waals surface area contributed by atoms with Crippen LogP contribution in [0.4, 0.5) is 0 Å². The van der Waals surface area contributed by atoms with Crippen LogP contribution in [-0.2, 0) is 6.54 Å². The minimum absolute atomic E-state index is 0.0137. The normalized spacial score (nSPS) is 20.8. The third-order valence-corrected chi connectivity index (χ3v) is 4.06. The Morgan fingerprint density at radius 2 is 2.32 bits per heavy atom. The highest BCUT2D eigenvalue weighted by Crippen LogP contribution is 2.18. The van der Waals surface area contributed by atoms with E-state index in [2.05, 4.69) is 35.7 Å². The second-order valence-electron chi connectivity index (χ2n) is 5.96. The van der Waals surface area contributed by atoms with Crippen LogP contribution in [0.1, 0.15) is 20.3 Å². The molecule has 1 N–H and O–H groups in total. The van der Waals surface area contributed by atoms with E-state index in [1.54, 1.807) is 10.8 Å². The zero-order chi connectivity index (χ0) is 13.8. The molecule has 19 heavy (non-hydrogen) atoms. The van der Waals surface area contributed by atoms with Gasteiger partial charge in [-0.15, -0.1) is 0 Å². The zero-order valence-corrected chi connectivity index (χ0v) is 12.3. The van der Waals surface area contributed by atoms with Crippen molar-refractivity contribution in [3.8, 4) is 0 Å². The van der Waals surface area contributed by atoms with E-state index in [4.69, 9.17) is 0 Å². The number of hydrogen-bond acceptors (Lipinski definition) is 3. The minimum atomic E-state index is -0.0137. The van der Waals surface area contributed by atoms with Gasteiger partial charge in [-0.1, -0.05) is 0 Å². The Kier molecular flexibility index (Phi) is 4.82. The molecule has 2 heterocycles. The largest absolute Gasteiger partial charge is 0.325 e. The molecule has 1 aromatic heterocycles. The average Bonchev–Trinajstić information content (AvgIpc) is 2.96. The van der Waals surface area contributed by atoms with E-state index in [-0.39, 0.29) is 5.69 Å². The number of likely N-dealkylation sites (N-methyl/N-ethyl adjacent to an activating group) is 1. The Morgan fingerprint density at radius 1 is 1.53 bits per heavy atom. The first-order valence-electron chi connectivity index (χ1n) is 7.22. The molecule has 0 aliphatic carbocycles. The highest BCUT2D eigenvalue weighted by molar-refractivity contribution is 4.80. The maximum Gasteiger partial charge on any atom is 0.325 e. The van der Waals surface area contributed by atoms with Gasteiger partial charge in [-0.25, -0.2) is 4.79 Å². The lowest BCUT2D eigenvalue weighted by atomic mass is 10.1. The topological polar surface area (TPSA) is 44.3 Å². The molecular weight excluding hydrogens is 240 g/mol. The Hall–Kier alpha value is -1.07. The van der Waals surface area contributed by atoms with E-state index < -0.39 is 0 Å². The Balaban J connectivity index is 1.72. The maximum atomic E-state index is 11.4. The molecule has 5 nitrogen and oxygen atoms in total. The predicted molar refractivity (Wildman–Crippen MR) is 77.4 cm³/mol. The van der Waals surface area contributed by atoms with Crippen molar-refractivity contribution >= 4 is 0 Å². The van der Waals surface area contributed by atoms with Gasteiger partial charge in [-0.3, -0.25) is 4.57 Å². The molecule has 0 amide bonds. The molecule has 2 rings (SSSR count). The van der Waals surface area contributed by atoms with Crippen LogP contribution in [0.3, 0.4) is 0 Å². The third-order valence-electron chi connectivity index (χ3n) is 4.06. The summed E-state index contributed by atoms with van der Waals surface area (Å²) in [6, 6.07) is 0.661. The molecule has 1 unspecified atom stereocenters. The van der Waals surface area contributed by atoms with Crippen molar-refractivity contribution in [3.63, 3.8) is 0 Å². The van der Waals surface area contributed by atoms with Gasteiger partial charge in [0.2, 0.25) is 0 Å². The highest BCUT2D eigenvalue weighted by atomic mass is 16.1. The first kappa shape index (κ1) is 14.3. The third kappa shape index (κ3) is 3.94. The lowest BCUT2D eigenvalue weighted by Crippen LogP contribution is -2.33. The number of aromatic amines is 1. The second-order valence-corrected chi connectivity index (χ2v) is 5.96. The van der Waals surface area contributed by atoms with Crippen molar-refractivity contribution in [1.82, 2.24) is 19.4 Å². The zero-order valence-electron chi connectivity index (χ0n) is 12.3. The second kappa shape index (κ2) is 6.39. The van der Waals surface area contributed by atoms with E-state index in [0.29, 0.717) is 6.04 Å². The Morgan fingerprint density at radius 3 is 2.89 bits per heavy atom. The highest BCUT2D eigenvalue weighted by Gasteiger charge is 2.24. The smallest absolute Gasteiger partial charge is 0.313 e. The fourth-order valence-corrected chi connectivity index (χ4v) is 2.82. The molecule has 0 radical (unpaired) electrons. The van der Waals surface area contributed by atoms with Crippen LogP contribution < -0.4 is 5.69 Å². The number of aromatic nitrogens is 2. The molecule has 108 valence electrons. The summed E-state index contributed by atoms with van der Waals surface area (Å²) >= 11 is 0. The molecule has 1 aliphatic rings. The van der Waals surface area contributed by atoms with Gasteiger partial charge in [0.1, 0.15) is 0 Å². The lowest BCUT2D eigenvalue weighted by molar-refractivity contribution is 0.234. The Labute approximate surface area is 115 Å². The fraction of sp³-hybridized carbons (Fsp3) is 0.786. The summed E-state index contributed by atoms with van der Waals surface area (Å²) in [6.07, 6.45) is 4.80. The lowest BCUT2D eigenvalue weighted by Gasteiger charge is -2.23. The van der Waals surface area contributed by atoms with E-state index in [0.717, 1.165) is 25.6 Å². The fourth-order valence-electron chi connectivity index (χ4n) is 2.82. The number of nitrogens with one attached hydrogen (secondary N) is 1. The number of imidazole rings is 1. The number of H-pyrrole nitrogens is 1. The molecule has 0 spiro atoms. The van der Waals surface area contributed by atoms with Gasteiger partial charge in [0, 0.05) is 44.6 Å². The van der Waals surface area contributed by atoms with Crippen LogP contribution in [0.25, 0.3) is 0 Å². The van der Waals surface area contributed by atoms with Crippen molar-refractivity contribution in [3.05, 3.63) is 22.9 Å². The van der Waals surface area contributed by atoms with Crippen molar-refractivity contribution in [2.24, 2.45) is 5.92 Å². The molecule has 1 aliphatic heterocycles.